The predicted octanol–water partition coefficient (Wildman–Crippen LogP) is 5.52. The topological polar surface area (TPSA) is 128 Å². The van der Waals surface area contributed by atoms with Crippen LogP contribution < -0.4 is 19.7 Å². The zero-order chi connectivity index (χ0) is 27.6. The minimum absolute atomic E-state index is 0.0454. The maximum absolute atomic E-state index is 13.3. The largest absolute Gasteiger partial charge is 0.493 e. The van der Waals surface area contributed by atoms with Gasteiger partial charge in [-0.3, -0.25) is 25.0 Å². The zero-order valence-electron chi connectivity index (χ0n) is 20.0. The van der Waals surface area contributed by atoms with Gasteiger partial charge in [-0.1, -0.05) is 28.1 Å². The summed E-state index contributed by atoms with van der Waals surface area (Å²) in [4.78, 5) is 49.9. The standard InChI is InChI=1S/C26H19BrIN3O7/c1-14-8-17(27)6-7-21(14)30-25(33)19(24(32)29-26(30)34)10-16-11-20(28)23(22(12-16)37-2)38-13-15-4-3-5-18(9-15)31(35)36/h3-12H,13H2,1-2H3,(H,29,32,34)/b19-10-. The Balaban J connectivity index is 1.64. The van der Waals surface area contributed by atoms with Gasteiger partial charge in [0.25, 0.3) is 17.5 Å². The van der Waals surface area contributed by atoms with Gasteiger partial charge < -0.3 is 9.47 Å². The van der Waals surface area contributed by atoms with E-state index in [0.717, 1.165) is 9.37 Å². The van der Waals surface area contributed by atoms with Crippen molar-refractivity contribution < 1.29 is 28.8 Å². The van der Waals surface area contributed by atoms with Crippen LogP contribution in [0.1, 0.15) is 16.7 Å². The molecule has 4 amide bonds. The quantitative estimate of drug-likeness (QED) is 0.114. The summed E-state index contributed by atoms with van der Waals surface area (Å²) in [6.45, 7) is 1.80. The molecule has 0 bridgehead atoms. The summed E-state index contributed by atoms with van der Waals surface area (Å²) in [7, 11) is 1.44. The average molecular weight is 692 g/mol. The molecule has 4 rings (SSSR count). The Kier molecular flexibility index (Phi) is 8.11. The highest BCUT2D eigenvalue weighted by Gasteiger charge is 2.37. The summed E-state index contributed by atoms with van der Waals surface area (Å²) >= 11 is 5.38. The van der Waals surface area contributed by atoms with Crippen molar-refractivity contribution in [2.45, 2.75) is 13.5 Å². The van der Waals surface area contributed by atoms with Gasteiger partial charge in [0, 0.05) is 16.6 Å². The van der Waals surface area contributed by atoms with Crippen LogP contribution in [0.2, 0.25) is 0 Å². The first-order valence-electron chi connectivity index (χ1n) is 11.0. The third-order valence-corrected chi connectivity index (χ3v) is 6.86. The van der Waals surface area contributed by atoms with Gasteiger partial charge in [-0.05, 0) is 82.6 Å². The number of nitrogens with one attached hydrogen (secondary N) is 1. The number of imide groups is 2. The third-order valence-electron chi connectivity index (χ3n) is 5.57. The van der Waals surface area contributed by atoms with E-state index in [1.807, 2.05) is 22.6 Å². The second-order valence-electron chi connectivity index (χ2n) is 8.14. The van der Waals surface area contributed by atoms with Gasteiger partial charge in [-0.25, -0.2) is 9.69 Å². The van der Waals surface area contributed by atoms with Crippen LogP contribution >= 0.6 is 38.5 Å². The number of halogens is 2. The molecule has 1 heterocycles. The van der Waals surface area contributed by atoms with Crippen LogP contribution in [0, 0.1) is 20.6 Å². The van der Waals surface area contributed by atoms with E-state index in [2.05, 4.69) is 21.2 Å². The number of carbonyl (C=O) groups is 3. The lowest BCUT2D eigenvalue weighted by atomic mass is 10.1. The second-order valence-corrected chi connectivity index (χ2v) is 10.2. The molecular formula is C26H19BrIN3O7. The summed E-state index contributed by atoms with van der Waals surface area (Å²) in [5.74, 6) is -0.854. The molecule has 0 atom stereocenters. The van der Waals surface area contributed by atoms with E-state index in [1.165, 1.54) is 25.3 Å². The molecule has 0 radical (unpaired) electrons. The molecule has 1 aliphatic rings. The highest BCUT2D eigenvalue weighted by atomic mass is 127. The summed E-state index contributed by atoms with van der Waals surface area (Å²) in [6.07, 6.45) is 1.38. The van der Waals surface area contributed by atoms with E-state index in [1.54, 1.807) is 49.4 Å². The fourth-order valence-electron chi connectivity index (χ4n) is 3.79. The molecule has 3 aromatic rings. The van der Waals surface area contributed by atoms with Crippen LogP contribution in [0.4, 0.5) is 16.2 Å². The van der Waals surface area contributed by atoms with Crippen molar-refractivity contribution in [2.24, 2.45) is 0 Å². The molecule has 0 saturated carbocycles. The Morgan fingerprint density at radius 2 is 1.89 bits per heavy atom. The van der Waals surface area contributed by atoms with Crippen LogP contribution in [0.3, 0.4) is 0 Å². The molecule has 1 N–H and O–H groups in total. The molecule has 1 saturated heterocycles. The molecule has 10 nitrogen and oxygen atoms in total. The normalized spacial score (nSPS) is 14.5. The first kappa shape index (κ1) is 27.3. The molecule has 0 unspecified atom stereocenters. The first-order valence-corrected chi connectivity index (χ1v) is 12.9. The summed E-state index contributed by atoms with van der Waals surface area (Å²) in [6, 6.07) is 13.6. The Bertz CT molecular complexity index is 1520. The molecule has 3 aromatic carbocycles. The summed E-state index contributed by atoms with van der Waals surface area (Å²) < 4.78 is 12.8. The molecule has 12 heteroatoms. The molecular weight excluding hydrogens is 673 g/mol. The molecule has 0 aromatic heterocycles. The second kappa shape index (κ2) is 11.3. The molecule has 1 fully saturated rings. The average Bonchev–Trinajstić information content (AvgIpc) is 2.86. The number of anilines is 1. The minimum atomic E-state index is -0.834. The number of carbonyl (C=O) groups excluding carboxylic acids is 3. The van der Waals surface area contributed by atoms with E-state index in [9.17, 15) is 24.5 Å². The van der Waals surface area contributed by atoms with E-state index in [0.29, 0.717) is 37.4 Å². The number of rotatable bonds is 7. The minimum Gasteiger partial charge on any atom is -0.493 e. The highest BCUT2D eigenvalue weighted by Crippen LogP contribution is 2.36. The molecule has 1 aliphatic heterocycles. The number of methoxy groups -OCH3 is 1. The lowest BCUT2D eigenvalue weighted by molar-refractivity contribution is -0.384. The number of non-ortho nitro benzene ring substituents is 1. The van der Waals surface area contributed by atoms with E-state index in [4.69, 9.17) is 9.47 Å². The SMILES string of the molecule is COc1cc(/C=C2/C(=O)NC(=O)N(c3ccc(Br)cc3C)C2=O)cc(I)c1OCc1cccc([N+](=O)[O-])c1. The Hall–Kier alpha value is -3.78. The first-order chi connectivity index (χ1) is 18.1. The molecule has 194 valence electrons. The molecule has 0 spiro atoms. The Morgan fingerprint density at radius 1 is 1.13 bits per heavy atom. The number of nitro groups is 1. The summed E-state index contributed by atoms with van der Waals surface area (Å²) in [5, 5.41) is 13.3. The van der Waals surface area contributed by atoms with E-state index in [-0.39, 0.29) is 17.9 Å². The number of nitrogens with zero attached hydrogens (tertiary/aromatic N) is 2. The lowest BCUT2D eigenvalue weighted by Crippen LogP contribution is -2.54. The van der Waals surface area contributed by atoms with Gasteiger partial charge in [0.15, 0.2) is 11.5 Å². The lowest BCUT2D eigenvalue weighted by Gasteiger charge is -2.27. The monoisotopic (exact) mass is 691 g/mol. The number of hydrogen-bond donors (Lipinski definition) is 1. The summed E-state index contributed by atoms with van der Waals surface area (Å²) in [5.41, 5.74) is 1.81. The number of aryl methyl sites for hydroxylation is 1. The smallest absolute Gasteiger partial charge is 0.335 e. The Labute approximate surface area is 239 Å². The van der Waals surface area contributed by atoms with Crippen LogP contribution in [-0.4, -0.2) is 29.9 Å². The number of ether oxygens (including phenoxy) is 2. The number of benzene rings is 3. The van der Waals surface area contributed by atoms with Crippen LogP contribution in [0.15, 0.2) is 64.6 Å². The van der Waals surface area contributed by atoms with Gasteiger partial charge in [0.2, 0.25) is 0 Å². The maximum Gasteiger partial charge on any atom is 0.335 e. The van der Waals surface area contributed by atoms with Crippen molar-refractivity contribution in [3.63, 3.8) is 0 Å². The van der Waals surface area contributed by atoms with Crippen LogP contribution in [-0.2, 0) is 16.2 Å². The number of nitro benzene ring substituents is 1. The van der Waals surface area contributed by atoms with E-state index < -0.39 is 22.8 Å². The fourth-order valence-corrected chi connectivity index (χ4v) is 5.05. The van der Waals surface area contributed by atoms with Crippen molar-refractivity contribution in [3.8, 4) is 11.5 Å². The highest BCUT2D eigenvalue weighted by molar-refractivity contribution is 14.1. The van der Waals surface area contributed by atoms with Crippen LogP contribution in [0.5, 0.6) is 11.5 Å². The number of barbiturate groups is 1. The van der Waals surface area contributed by atoms with Gasteiger partial charge >= 0.3 is 6.03 Å². The van der Waals surface area contributed by atoms with Crippen molar-refractivity contribution >= 4 is 73.8 Å². The van der Waals surface area contributed by atoms with Crippen molar-refractivity contribution in [1.82, 2.24) is 5.32 Å². The van der Waals surface area contributed by atoms with Crippen LogP contribution in [0.25, 0.3) is 6.08 Å². The van der Waals surface area contributed by atoms with Gasteiger partial charge in [-0.15, -0.1) is 0 Å². The number of hydrogen-bond acceptors (Lipinski definition) is 7. The van der Waals surface area contributed by atoms with Crippen molar-refractivity contribution in [1.29, 1.82) is 0 Å². The predicted molar refractivity (Wildman–Crippen MR) is 151 cm³/mol. The van der Waals surface area contributed by atoms with Gasteiger partial charge in [-0.2, -0.15) is 0 Å². The fraction of sp³-hybridized carbons (Fsp3) is 0.115. The third kappa shape index (κ3) is 5.70. The van der Waals surface area contributed by atoms with Crippen molar-refractivity contribution in [2.75, 3.05) is 12.0 Å². The van der Waals surface area contributed by atoms with E-state index >= 15 is 0 Å². The number of urea groups is 1. The number of amides is 4. The van der Waals surface area contributed by atoms with Gasteiger partial charge in [0.05, 0.1) is 21.3 Å². The van der Waals surface area contributed by atoms with Crippen molar-refractivity contribution in [3.05, 3.63) is 95.0 Å². The molecule has 38 heavy (non-hydrogen) atoms. The Morgan fingerprint density at radius 3 is 2.58 bits per heavy atom. The maximum atomic E-state index is 13.3. The van der Waals surface area contributed by atoms with Gasteiger partial charge in [0.1, 0.15) is 12.2 Å². The zero-order valence-corrected chi connectivity index (χ0v) is 23.7. The molecule has 0 aliphatic carbocycles.